The summed E-state index contributed by atoms with van der Waals surface area (Å²) < 4.78 is 0. The van der Waals surface area contributed by atoms with Crippen molar-refractivity contribution in [3.05, 3.63) is 0 Å². The van der Waals surface area contributed by atoms with Gasteiger partial charge in [-0.05, 0) is 32.6 Å². The third-order valence-electron chi connectivity index (χ3n) is 4.04. The molecule has 1 saturated carbocycles. The highest BCUT2D eigenvalue weighted by atomic mass is 32.2. The largest absolute Gasteiger partial charge is 0.396 e. The van der Waals surface area contributed by atoms with Crippen molar-refractivity contribution in [1.29, 1.82) is 0 Å². The lowest BCUT2D eigenvalue weighted by Crippen LogP contribution is -2.42. The van der Waals surface area contributed by atoms with Gasteiger partial charge in [-0.15, -0.1) is 0 Å². The summed E-state index contributed by atoms with van der Waals surface area (Å²) in [7, 11) is 2.22. The Labute approximate surface area is 105 Å². The molecule has 1 N–H and O–H groups in total. The molecule has 0 aliphatic heterocycles. The SMILES string of the molecule is CCC(CSC)N(C)CC1(CO)CCCC1. The van der Waals surface area contributed by atoms with E-state index >= 15 is 0 Å². The molecule has 1 unspecified atom stereocenters. The van der Waals surface area contributed by atoms with Gasteiger partial charge in [0.25, 0.3) is 0 Å². The fourth-order valence-electron chi connectivity index (χ4n) is 2.90. The van der Waals surface area contributed by atoms with Crippen LogP contribution >= 0.6 is 11.8 Å². The molecule has 96 valence electrons. The van der Waals surface area contributed by atoms with E-state index in [1.165, 1.54) is 37.9 Å². The molecule has 0 spiro atoms. The normalized spacial score (nSPS) is 21.6. The summed E-state index contributed by atoms with van der Waals surface area (Å²) in [6.07, 6.45) is 8.40. The van der Waals surface area contributed by atoms with E-state index in [-0.39, 0.29) is 5.41 Å². The first-order chi connectivity index (χ1) is 7.67. The van der Waals surface area contributed by atoms with Crippen molar-refractivity contribution in [2.45, 2.75) is 45.1 Å². The standard InChI is InChI=1S/C13H27NOS/c1-4-12(9-16-3)14(2)10-13(11-15)7-5-6-8-13/h12,15H,4-11H2,1-3H3. The molecule has 0 aromatic carbocycles. The first-order valence-corrected chi connectivity index (χ1v) is 7.87. The van der Waals surface area contributed by atoms with Crippen LogP contribution in [-0.4, -0.2) is 48.3 Å². The van der Waals surface area contributed by atoms with Crippen LogP contribution in [0.1, 0.15) is 39.0 Å². The average Bonchev–Trinajstić information content (AvgIpc) is 2.75. The minimum atomic E-state index is 0.209. The van der Waals surface area contributed by atoms with Crippen molar-refractivity contribution in [2.75, 3.05) is 32.2 Å². The predicted octanol–water partition coefficient (Wildman–Crippen LogP) is 2.61. The predicted molar refractivity (Wildman–Crippen MR) is 73.1 cm³/mol. The molecule has 1 fully saturated rings. The van der Waals surface area contributed by atoms with Gasteiger partial charge in [0.05, 0.1) is 0 Å². The number of thioether (sulfide) groups is 1. The lowest BCUT2D eigenvalue weighted by molar-refractivity contribution is 0.0748. The van der Waals surface area contributed by atoms with E-state index in [9.17, 15) is 5.11 Å². The molecule has 0 aromatic rings. The number of aliphatic hydroxyl groups excluding tert-OH is 1. The molecule has 16 heavy (non-hydrogen) atoms. The summed E-state index contributed by atoms with van der Waals surface area (Å²) in [5, 5.41) is 9.62. The summed E-state index contributed by atoms with van der Waals surface area (Å²) in [4.78, 5) is 2.47. The van der Waals surface area contributed by atoms with Crippen LogP contribution in [-0.2, 0) is 0 Å². The maximum Gasteiger partial charge on any atom is 0.0499 e. The number of hydrogen-bond acceptors (Lipinski definition) is 3. The number of nitrogens with zero attached hydrogens (tertiary/aromatic N) is 1. The zero-order valence-corrected chi connectivity index (χ0v) is 11.9. The maximum absolute atomic E-state index is 9.62. The van der Waals surface area contributed by atoms with Gasteiger partial charge in [-0.2, -0.15) is 11.8 Å². The molecular weight excluding hydrogens is 218 g/mol. The highest BCUT2D eigenvalue weighted by Gasteiger charge is 2.35. The lowest BCUT2D eigenvalue weighted by atomic mass is 9.86. The Kier molecular flexibility index (Phi) is 6.16. The van der Waals surface area contributed by atoms with E-state index in [4.69, 9.17) is 0 Å². The maximum atomic E-state index is 9.62. The van der Waals surface area contributed by atoms with E-state index in [0.717, 1.165) is 6.54 Å². The molecule has 0 amide bonds. The van der Waals surface area contributed by atoms with Crippen LogP contribution < -0.4 is 0 Å². The topological polar surface area (TPSA) is 23.5 Å². The van der Waals surface area contributed by atoms with Crippen molar-refractivity contribution < 1.29 is 5.11 Å². The van der Waals surface area contributed by atoms with Gasteiger partial charge in [0, 0.05) is 30.4 Å². The van der Waals surface area contributed by atoms with E-state index in [2.05, 4.69) is 25.1 Å². The van der Waals surface area contributed by atoms with Crippen molar-refractivity contribution in [2.24, 2.45) is 5.41 Å². The monoisotopic (exact) mass is 245 g/mol. The van der Waals surface area contributed by atoms with Crippen LogP contribution in [0.15, 0.2) is 0 Å². The van der Waals surface area contributed by atoms with Crippen molar-refractivity contribution in [3.8, 4) is 0 Å². The zero-order chi connectivity index (χ0) is 12.0. The third kappa shape index (κ3) is 3.64. The molecule has 1 rings (SSSR count). The highest BCUT2D eigenvalue weighted by molar-refractivity contribution is 7.98. The quantitative estimate of drug-likeness (QED) is 0.746. The van der Waals surface area contributed by atoms with Gasteiger partial charge in [-0.25, -0.2) is 0 Å². The summed E-state index contributed by atoms with van der Waals surface area (Å²) in [6, 6.07) is 0.666. The Morgan fingerprint density at radius 2 is 2.00 bits per heavy atom. The lowest BCUT2D eigenvalue weighted by Gasteiger charge is -2.36. The summed E-state index contributed by atoms with van der Waals surface area (Å²) in [5.74, 6) is 1.20. The summed E-state index contributed by atoms with van der Waals surface area (Å²) >= 11 is 1.92. The molecule has 1 atom stereocenters. The first-order valence-electron chi connectivity index (χ1n) is 6.47. The average molecular weight is 245 g/mol. The molecule has 0 radical (unpaired) electrons. The second-order valence-electron chi connectivity index (χ2n) is 5.30. The minimum absolute atomic E-state index is 0.209. The molecule has 3 heteroatoms. The van der Waals surface area contributed by atoms with Crippen molar-refractivity contribution >= 4 is 11.8 Å². The Morgan fingerprint density at radius 3 is 2.44 bits per heavy atom. The zero-order valence-electron chi connectivity index (χ0n) is 11.0. The highest BCUT2D eigenvalue weighted by Crippen LogP contribution is 2.38. The van der Waals surface area contributed by atoms with E-state index < -0.39 is 0 Å². The van der Waals surface area contributed by atoms with E-state index in [0.29, 0.717) is 12.6 Å². The Morgan fingerprint density at radius 1 is 1.38 bits per heavy atom. The van der Waals surface area contributed by atoms with Crippen molar-refractivity contribution in [3.63, 3.8) is 0 Å². The van der Waals surface area contributed by atoms with Gasteiger partial charge in [0.15, 0.2) is 0 Å². The van der Waals surface area contributed by atoms with Gasteiger partial charge >= 0.3 is 0 Å². The Hall–Kier alpha value is 0.270. The summed E-state index contributed by atoms with van der Waals surface area (Å²) in [6.45, 7) is 3.70. The molecule has 0 heterocycles. The second-order valence-corrected chi connectivity index (χ2v) is 6.21. The molecule has 0 aromatic heterocycles. The second kappa shape index (κ2) is 6.87. The molecule has 0 bridgehead atoms. The number of aliphatic hydroxyl groups is 1. The van der Waals surface area contributed by atoms with Gasteiger partial charge < -0.3 is 10.0 Å². The van der Waals surface area contributed by atoms with Gasteiger partial charge in [-0.3, -0.25) is 0 Å². The number of hydrogen-bond donors (Lipinski definition) is 1. The minimum Gasteiger partial charge on any atom is -0.396 e. The number of rotatable bonds is 7. The fourth-order valence-corrected chi connectivity index (χ4v) is 3.77. The molecular formula is C13H27NOS. The fraction of sp³-hybridized carbons (Fsp3) is 1.00. The van der Waals surface area contributed by atoms with Crippen LogP contribution in [0.2, 0.25) is 0 Å². The van der Waals surface area contributed by atoms with Crippen LogP contribution in [0, 0.1) is 5.41 Å². The summed E-state index contributed by atoms with van der Waals surface area (Å²) in [5.41, 5.74) is 0.209. The van der Waals surface area contributed by atoms with Gasteiger partial charge in [0.1, 0.15) is 0 Å². The Balaban J connectivity index is 2.49. The van der Waals surface area contributed by atoms with Crippen LogP contribution in [0.25, 0.3) is 0 Å². The van der Waals surface area contributed by atoms with Crippen LogP contribution in [0.4, 0.5) is 0 Å². The van der Waals surface area contributed by atoms with Crippen LogP contribution in [0.3, 0.4) is 0 Å². The molecule has 2 nitrogen and oxygen atoms in total. The first kappa shape index (κ1) is 14.3. The Bertz CT molecular complexity index is 192. The third-order valence-corrected chi connectivity index (χ3v) is 4.76. The molecule has 0 saturated heterocycles. The van der Waals surface area contributed by atoms with Crippen molar-refractivity contribution in [1.82, 2.24) is 4.90 Å². The van der Waals surface area contributed by atoms with E-state index in [1.807, 2.05) is 11.8 Å². The molecule has 1 aliphatic rings. The van der Waals surface area contributed by atoms with E-state index in [1.54, 1.807) is 0 Å². The smallest absolute Gasteiger partial charge is 0.0499 e. The molecule has 1 aliphatic carbocycles. The van der Waals surface area contributed by atoms with Gasteiger partial charge in [0.2, 0.25) is 0 Å². The van der Waals surface area contributed by atoms with Crippen LogP contribution in [0.5, 0.6) is 0 Å². The van der Waals surface area contributed by atoms with Gasteiger partial charge in [-0.1, -0.05) is 19.8 Å².